The third-order valence-electron chi connectivity index (χ3n) is 2.63. The van der Waals surface area contributed by atoms with Gasteiger partial charge in [-0.3, -0.25) is 4.98 Å². The lowest BCUT2D eigenvalue weighted by atomic mass is 10.0. The molecule has 0 radical (unpaired) electrons. The normalized spacial score (nSPS) is 11.3. The topological polar surface area (TPSA) is 105 Å². The van der Waals surface area contributed by atoms with Gasteiger partial charge >= 0.3 is 0 Å². The Bertz CT molecular complexity index is 699. The van der Waals surface area contributed by atoms with E-state index >= 15 is 0 Å². The Morgan fingerprint density at radius 3 is 2.65 bits per heavy atom. The highest BCUT2D eigenvalue weighted by Crippen LogP contribution is 2.23. The number of nitrogens with zero attached hydrogens (tertiary/aromatic N) is 1. The van der Waals surface area contributed by atoms with Gasteiger partial charge in [-0.05, 0) is 36.5 Å². The van der Waals surface area contributed by atoms with Crippen molar-refractivity contribution >= 4 is 28.9 Å². The summed E-state index contributed by atoms with van der Waals surface area (Å²) in [5.41, 5.74) is 18.7. The van der Waals surface area contributed by atoms with E-state index in [2.05, 4.69) is 9.98 Å². The fourth-order valence-corrected chi connectivity index (χ4v) is 1.84. The minimum atomic E-state index is -0.427. The van der Waals surface area contributed by atoms with Crippen molar-refractivity contribution in [1.29, 1.82) is 0 Å². The van der Waals surface area contributed by atoms with E-state index in [1.54, 1.807) is 18.2 Å². The highest BCUT2D eigenvalue weighted by Gasteiger charge is 2.12. The summed E-state index contributed by atoms with van der Waals surface area (Å²) in [6.45, 7) is 0. The molecule has 2 aromatic rings. The largest absolute Gasteiger partial charge is 0.398 e. The number of benzene rings is 1. The number of halogens is 1. The van der Waals surface area contributed by atoms with E-state index in [1.807, 2.05) is 0 Å². The van der Waals surface area contributed by atoms with Crippen molar-refractivity contribution < 1.29 is 9.38 Å². The second kappa shape index (κ2) is 5.62. The average Bonchev–Trinajstić information content (AvgIpc) is 2.39. The monoisotopic (exact) mass is 290 g/mol. The van der Waals surface area contributed by atoms with E-state index in [0.717, 1.165) is 0 Å². The zero-order chi connectivity index (χ0) is 14.7. The lowest BCUT2D eigenvalue weighted by Crippen LogP contribution is -2.81. The van der Waals surface area contributed by atoms with Crippen LogP contribution in [0.4, 0.5) is 10.1 Å². The molecular formula is C13H13FN5S+. The molecule has 0 bridgehead atoms. The summed E-state index contributed by atoms with van der Waals surface area (Å²) in [4.78, 5) is 6.61. The van der Waals surface area contributed by atoms with Crippen molar-refractivity contribution in [3.8, 4) is 11.3 Å². The van der Waals surface area contributed by atoms with Gasteiger partial charge in [-0.25, -0.2) is 9.38 Å². The molecule has 5 nitrogen and oxygen atoms in total. The summed E-state index contributed by atoms with van der Waals surface area (Å²) in [5.74, 6) is -0.225. The molecule has 2 rings (SSSR count). The van der Waals surface area contributed by atoms with Crippen LogP contribution in [0, 0.1) is 5.82 Å². The van der Waals surface area contributed by atoms with Gasteiger partial charge in [0.25, 0.3) is 5.11 Å². The Labute approximate surface area is 120 Å². The van der Waals surface area contributed by atoms with Gasteiger partial charge in [-0.15, -0.1) is 0 Å². The van der Waals surface area contributed by atoms with Gasteiger partial charge in [0, 0.05) is 17.4 Å². The van der Waals surface area contributed by atoms with E-state index in [0.29, 0.717) is 16.8 Å². The zero-order valence-electron chi connectivity index (χ0n) is 10.4. The van der Waals surface area contributed by atoms with Crippen LogP contribution in [0.3, 0.4) is 0 Å². The van der Waals surface area contributed by atoms with Gasteiger partial charge in [-0.2, -0.15) is 0 Å². The van der Waals surface area contributed by atoms with Crippen LogP contribution in [0.2, 0.25) is 0 Å². The lowest BCUT2D eigenvalue weighted by Gasteiger charge is -2.07. The van der Waals surface area contributed by atoms with E-state index in [9.17, 15) is 4.39 Å². The third-order valence-corrected chi connectivity index (χ3v) is 2.74. The Morgan fingerprint density at radius 2 is 2.00 bits per heavy atom. The van der Waals surface area contributed by atoms with Gasteiger partial charge in [0.2, 0.25) is 5.84 Å². The van der Waals surface area contributed by atoms with Gasteiger partial charge in [-0.1, -0.05) is 6.07 Å². The number of anilines is 1. The molecular weight excluding hydrogens is 277 g/mol. The number of amidine groups is 1. The summed E-state index contributed by atoms with van der Waals surface area (Å²) in [5, 5.41) is 0.0244. The van der Waals surface area contributed by atoms with Crippen LogP contribution in [0.5, 0.6) is 0 Å². The molecule has 1 heterocycles. The Kier molecular flexibility index (Phi) is 3.90. The predicted molar refractivity (Wildman–Crippen MR) is 80.1 cm³/mol. The lowest BCUT2D eigenvalue weighted by molar-refractivity contribution is -0.313. The number of thiocarbonyl (C=S) groups is 1. The quantitative estimate of drug-likeness (QED) is 0.258. The van der Waals surface area contributed by atoms with Gasteiger partial charge in [0.05, 0.1) is 5.56 Å². The molecule has 7 N–H and O–H groups in total. The summed E-state index contributed by atoms with van der Waals surface area (Å²) in [6.07, 6.45) is 1.51. The van der Waals surface area contributed by atoms with Crippen LogP contribution in [-0.2, 0) is 0 Å². The number of nitrogens with one attached hydrogen (secondary N) is 1. The molecule has 102 valence electrons. The number of hydrogen-bond donors (Lipinski definition) is 4. The van der Waals surface area contributed by atoms with Crippen molar-refractivity contribution in [2.75, 3.05) is 5.73 Å². The molecule has 0 aliphatic heterocycles. The van der Waals surface area contributed by atoms with E-state index in [1.165, 1.54) is 18.3 Å². The number of pyridine rings is 1. The van der Waals surface area contributed by atoms with Crippen LogP contribution in [0.1, 0.15) is 5.56 Å². The molecule has 0 aliphatic rings. The molecule has 0 fully saturated rings. The second-order valence-corrected chi connectivity index (χ2v) is 4.48. The SMILES string of the molecule is NC(=S)/[NH+]=C(\N)c1cc(-c2ncccc2F)ccc1N. The molecule has 0 atom stereocenters. The molecule has 0 aliphatic carbocycles. The number of nitrogens with two attached hydrogens (primary N) is 3. The summed E-state index contributed by atoms with van der Waals surface area (Å²) >= 11 is 4.71. The second-order valence-electron chi connectivity index (χ2n) is 4.04. The summed E-state index contributed by atoms with van der Waals surface area (Å²) < 4.78 is 13.7. The Balaban J connectivity index is 2.55. The molecule has 7 heteroatoms. The van der Waals surface area contributed by atoms with Crippen molar-refractivity contribution in [1.82, 2.24) is 4.98 Å². The average molecular weight is 290 g/mol. The van der Waals surface area contributed by atoms with Crippen LogP contribution in [0.25, 0.3) is 11.3 Å². The number of nitrogen functional groups attached to an aromatic ring is 2. The maximum atomic E-state index is 13.7. The Hall–Kier alpha value is -2.54. The first-order valence-electron chi connectivity index (χ1n) is 5.68. The van der Waals surface area contributed by atoms with Crippen molar-refractivity contribution in [3.05, 3.63) is 47.9 Å². The fourth-order valence-electron chi connectivity index (χ4n) is 1.74. The van der Waals surface area contributed by atoms with Crippen LogP contribution < -0.4 is 22.2 Å². The molecule has 0 spiro atoms. The van der Waals surface area contributed by atoms with Crippen molar-refractivity contribution in [2.24, 2.45) is 11.5 Å². The smallest absolute Gasteiger partial charge is 0.285 e. The molecule has 0 saturated carbocycles. The fraction of sp³-hybridized carbons (Fsp3) is 0. The van der Waals surface area contributed by atoms with Crippen molar-refractivity contribution in [2.45, 2.75) is 0 Å². The molecule has 1 aromatic heterocycles. The van der Waals surface area contributed by atoms with Gasteiger partial charge in [0.1, 0.15) is 11.5 Å². The molecule has 0 saturated heterocycles. The van der Waals surface area contributed by atoms with E-state index < -0.39 is 5.82 Å². The molecule has 0 unspecified atom stereocenters. The Morgan fingerprint density at radius 1 is 1.25 bits per heavy atom. The standard InChI is InChI=1S/C13H12FN5S/c14-9-2-1-5-18-11(9)7-3-4-10(15)8(6-7)12(16)19-13(17)20/h1-6H,15H2,(H4,16,17,19,20)/p+1. The highest BCUT2D eigenvalue weighted by atomic mass is 32.1. The zero-order valence-corrected chi connectivity index (χ0v) is 11.2. The van der Waals surface area contributed by atoms with Gasteiger partial charge < -0.3 is 17.2 Å². The molecule has 20 heavy (non-hydrogen) atoms. The highest BCUT2D eigenvalue weighted by molar-refractivity contribution is 7.79. The first-order chi connectivity index (χ1) is 9.49. The summed E-state index contributed by atoms with van der Waals surface area (Å²) in [7, 11) is 0. The molecule has 1 aromatic carbocycles. The summed E-state index contributed by atoms with van der Waals surface area (Å²) in [6, 6.07) is 7.76. The number of rotatable bonds is 2. The van der Waals surface area contributed by atoms with E-state index in [4.69, 9.17) is 29.4 Å². The first-order valence-corrected chi connectivity index (χ1v) is 6.09. The predicted octanol–water partition coefficient (Wildman–Crippen LogP) is -0.501. The van der Waals surface area contributed by atoms with Gasteiger partial charge in [0.15, 0.2) is 0 Å². The maximum Gasteiger partial charge on any atom is 0.285 e. The van der Waals surface area contributed by atoms with Crippen LogP contribution >= 0.6 is 12.2 Å². The van der Waals surface area contributed by atoms with E-state index in [-0.39, 0.29) is 16.6 Å². The van der Waals surface area contributed by atoms with Crippen LogP contribution in [0.15, 0.2) is 36.5 Å². The maximum absolute atomic E-state index is 13.7. The minimum Gasteiger partial charge on any atom is -0.398 e. The molecule has 0 amide bonds. The minimum absolute atomic E-state index is 0.0244. The third kappa shape index (κ3) is 2.89. The van der Waals surface area contributed by atoms with Crippen LogP contribution in [-0.4, -0.2) is 15.9 Å². The first kappa shape index (κ1) is 13.9. The number of aromatic nitrogens is 1. The number of hydrogen-bond acceptors (Lipinski definition) is 3. The van der Waals surface area contributed by atoms with Crippen molar-refractivity contribution in [3.63, 3.8) is 0 Å².